The molecule has 25 heavy (non-hydrogen) atoms. The number of hydrogen-bond donors (Lipinski definition) is 1. The molecule has 1 aliphatic rings. The second-order valence-corrected chi connectivity index (χ2v) is 6.80. The highest BCUT2D eigenvalue weighted by atomic mass is 16.5. The second kappa shape index (κ2) is 7.09. The predicted octanol–water partition coefficient (Wildman–Crippen LogP) is 4.14. The molecule has 0 aliphatic heterocycles. The number of nitrogens with one attached hydrogen (secondary N) is 1. The van der Waals surface area contributed by atoms with Gasteiger partial charge < -0.3 is 10.1 Å². The number of amides is 1. The van der Waals surface area contributed by atoms with Gasteiger partial charge in [-0.05, 0) is 35.1 Å². The summed E-state index contributed by atoms with van der Waals surface area (Å²) in [6.45, 7) is 5.53. The fraction of sp³-hybridized carbons (Fsp3) is 0.333. The number of hydrogen-bond acceptors (Lipinski definition) is 3. The average molecular weight is 337 g/mol. The van der Waals surface area contributed by atoms with Gasteiger partial charge in [-0.3, -0.25) is 4.79 Å². The van der Waals surface area contributed by atoms with Gasteiger partial charge in [0.1, 0.15) is 6.61 Å². The molecule has 1 atom stereocenters. The number of Topliss-reactive ketones (excluding diaryl/α,β-unsaturated/α-hetero) is 1. The number of carbonyl (C=O) groups is 2. The number of ether oxygens (including phenoxy) is 1. The van der Waals surface area contributed by atoms with E-state index < -0.39 is 12.1 Å². The van der Waals surface area contributed by atoms with Gasteiger partial charge in [-0.1, -0.05) is 62.4 Å². The molecule has 1 amide bonds. The fourth-order valence-electron chi connectivity index (χ4n) is 3.50. The molecule has 1 aliphatic carbocycles. The summed E-state index contributed by atoms with van der Waals surface area (Å²) in [5, 5.41) is 2.68. The van der Waals surface area contributed by atoms with Crippen LogP contribution in [-0.4, -0.2) is 24.5 Å². The van der Waals surface area contributed by atoms with E-state index in [0.29, 0.717) is 0 Å². The summed E-state index contributed by atoms with van der Waals surface area (Å²) in [6, 6.07) is 15.9. The molecule has 0 heterocycles. The van der Waals surface area contributed by atoms with Crippen LogP contribution in [0.5, 0.6) is 0 Å². The Labute approximate surface area is 148 Å². The molecule has 0 unspecified atom stereocenters. The molecule has 2 aromatic carbocycles. The van der Waals surface area contributed by atoms with Crippen molar-refractivity contribution in [1.29, 1.82) is 0 Å². The summed E-state index contributed by atoms with van der Waals surface area (Å²) in [5.41, 5.74) is 4.72. The van der Waals surface area contributed by atoms with Crippen molar-refractivity contribution in [3.63, 3.8) is 0 Å². The van der Waals surface area contributed by atoms with Gasteiger partial charge in [0, 0.05) is 5.92 Å². The van der Waals surface area contributed by atoms with Crippen LogP contribution in [0.3, 0.4) is 0 Å². The lowest BCUT2D eigenvalue weighted by molar-refractivity contribution is -0.119. The summed E-state index contributed by atoms with van der Waals surface area (Å²) >= 11 is 0. The Morgan fingerprint density at radius 2 is 1.52 bits per heavy atom. The quantitative estimate of drug-likeness (QED) is 0.892. The molecule has 0 saturated heterocycles. The molecule has 2 aromatic rings. The molecule has 0 radical (unpaired) electrons. The van der Waals surface area contributed by atoms with E-state index in [1.54, 1.807) is 0 Å². The predicted molar refractivity (Wildman–Crippen MR) is 97.5 cm³/mol. The second-order valence-electron chi connectivity index (χ2n) is 6.80. The Morgan fingerprint density at radius 1 is 1.00 bits per heavy atom. The number of ketones is 1. The van der Waals surface area contributed by atoms with Crippen molar-refractivity contribution in [2.45, 2.75) is 32.7 Å². The van der Waals surface area contributed by atoms with E-state index in [-0.39, 0.29) is 24.2 Å². The van der Waals surface area contributed by atoms with Crippen LogP contribution in [0.4, 0.5) is 4.79 Å². The maximum absolute atomic E-state index is 12.2. The minimum Gasteiger partial charge on any atom is -0.449 e. The molecule has 0 aromatic heterocycles. The average Bonchev–Trinajstić information content (AvgIpc) is 2.91. The Kier molecular flexibility index (Phi) is 4.88. The van der Waals surface area contributed by atoms with Crippen LogP contribution >= 0.6 is 0 Å². The molecular weight excluding hydrogens is 314 g/mol. The Hall–Kier alpha value is -2.62. The first-order valence-electron chi connectivity index (χ1n) is 8.61. The van der Waals surface area contributed by atoms with E-state index in [1.807, 2.05) is 38.1 Å². The molecule has 4 nitrogen and oxygen atoms in total. The first-order valence-corrected chi connectivity index (χ1v) is 8.61. The van der Waals surface area contributed by atoms with Crippen molar-refractivity contribution in [3.8, 4) is 11.1 Å². The third-order valence-electron chi connectivity index (χ3n) is 4.72. The van der Waals surface area contributed by atoms with Gasteiger partial charge in [0.15, 0.2) is 5.78 Å². The zero-order valence-electron chi connectivity index (χ0n) is 14.8. The van der Waals surface area contributed by atoms with Gasteiger partial charge in [-0.15, -0.1) is 0 Å². The molecule has 3 rings (SSSR count). The van der Waals surface area contributed by atoms with Crippen LogP contribution < -0.4 is 5.32 Å². The van der Waals surface area contributed by atoms with Crippen molar-refractivity contribution in [3.05, 3.63) is 59.7 Å². The zero-order chi connectivity index (χ0) is 18.0. The molecule has 130 valence electrons. The number of alkyl carbamates (subject to hydrolysis) is 1. The van der Waals surface area contributed by atoms with E-state index >= 15 is 0 Å². The van der Waals surface area contributed by atoms with E-state index in [1.165, 1.54) is 29.2 Å². The topological polar surface area (TPSA) is 55.4 Å². The highest BCUT2D eigenvalue weighted by Gasteiger charge is 2.29. The van der Waals surface area contributed by atoms with Gasteiger partial charge in [-0.25, -0.2) is 4.79 Å². The van der Waals surface area contributed by atoms with Crippen LogP contribution in [-0.2, 0) is 9.53 Å². The van der Waals surface area contributed by atoms with Crippen molar-refractivity contribution in [2.24, 2.45) is 5.92 Å². The van der Waals surface area contributed by atoms with Gasteiger partial charge >= 0.3 is 6.09 Å². The largest absolute Gasteiger partial charge is 0.449 e. The Balaban J connectivity index is 1.73. The maximum Gasteiger partial charge on any atom is 0.407 e. The normalized spacial score (nSPS) is 13.9. The molecule has 4 heteroatoms. The fourth-order valence-corrected chi connectivity index (χ4v) is 3.50. The number of carbonyl (C=O) groups excluding carboxylic acids is 2. The smallest absolute Gasteiger partial charge is 0.407 e. The minimum atomic E-state index is -0.546. The van der Waals surface area contributed by atoms with Crippen LogP contribution in [0, 0.1) is 5.92 Å². The maximum atomic E-state index is 12.2. The van der Waals surface area contributed by atoms with Crippen LogP contribution in [0.1, 0.15) is 37.8 Å². The highest BCUT2D eigenvalue weighted by molar-refractivity contribution is 5.85. The lowest BCUT2D eigenvalue weighted by Gasteiger charge is -2.20. The molecule has 0 fully saturated rings. The van der Waals surface area contributed by atoms with Gasteiger partial charge in [0.05, 0.1) is 6.04 Å². The summed E-state index contributed by atoms with van der Waals surface area (Å²) in [4.78, 5) is 23.8. The van der Waals surface area contributed by atoms with Gasteiger partial charge in [-0.2, -0.15) is 0 Å². The van der Waals surface area contributed by atoms with Crippen molar-refractivity contribution < 1.29 is 14.3 Å². The first kappa shape index (κ1) is 17.2. The van der Waals surface area contributed by atoms with E-state index in [9.17, 15) is 9.59 Å². The summed E-state index contributed by atoms with van der Waals surface area (Å²) in [5.74, 6) is -0.0190. The molecular formula is C21H23NO3. The molecule has 0 spiro atoms. The Morgan fingerprint density at radius 3 is 2.00 bits per heavy atom. The summed E-state index contributed by atoms with van der Waals surface area (Å²) in [6.07, 6.45) is -0.546. The van der Waals surface area contributed by atoms with Crippen molar-refractivity contribution >= 4 is 11.9 Å². The lowest BCUT2D eigenvalue weighted by atomic mass is 9.98. The number of fused-ring (bicyclic) bond motifs is 3. The minimum absolute atomic E-state index is 0.0213. The standard InChI is InChI=1S/C21H23NO3/c1-13(2)20(14(3)23)22-21(24)25-12-19-17-10-6-4-8-15(17)16-9-5-7-11-18(16)19/h4-11,13,19-20H,12H2,1-3H3,(H,22,24)/t20-/m0/s1. The molecule has 1 N–H and O–H groups in total. The number of rotatable bonds is 5. The van der Waals surface area contributed by atoms with Crippen LogP contribution in [0.2, 0.25) is 0 Å². The van der Waals surface area contributed by atoms with E-state index in [4.69, 9.17) is 4.74 Å². The first-order chi connectivity index (χ1) is 12.0. The number of benzene rings is 2. The van der Waals surface area contributed by atoms with Crippen molar-refractivity contribution in [1.82, 2.24) is 5.32 Å². The lowest BCUT2D eigenvalue weighted by Crippen LogP contribution is -2.43. The zero-order valence-corrected chi connectivity index (χ0v) is 14.8. The van der Waals surface area contributed by atoms with E-state index in [0.717, 1.165) is 0 Å². The van der Waals surface area contributed by atoms with Crippen LogP contribution in [0.25, 0.3) is 11.1 Å². The van der Waals surface area contributed by atoms with Crippen molar-refractivity contribution in [2.75, 3.05) is 6.61 Å². The Bertz CT molecular complexity index is 752. The molecule has 0 bridgehead atoms. The summed E-state index contributed by atoms with van der Waals surface area (Å²) < 4.78 is 5.47. The third kappa shape index (κ3) is 3.43. The van der Waals surface area contributed by atoms with Gasteiger partial charge in [0.25, 0.3) is 0 Å². The SMILES string of the molecule is CC(=O)[C@@H](NC(=O)OCC1c2ccccc2-c2ccccc21)C(C)C. The molecule has 0 saturated carbocycles. The van der Waals surface area contributed by atoms with E-state index in [2.05, 4.69) is 29.6 Å². The monoisotopic (exact) mass is 337 g/mol. The third-order valence-corrected chi connectivity index (χ3v) is 4.72. The summed E-state index contributed by atoms with van der Waals surface area (Å²) in [7, 11) is 0. The van der Waals surface area contributed by atoms with Gasteiger partial charge in [0.2, 0.25) is 0 Å². The van der Waals surface area contributed by atoms with Crippen LogP contribution in [0.15, 0.2) is 48.5 Å². The highest BCUT2D eigenvalue weighted by Crippen LogP contribution is 2.44.